The van der Waals surface area contributed by atoms with Crippen LogP contribution in [0.2, 0.25) is 0 Å². The maximum atomic E-state index is 6.00. The monoisotopic (exact) mass is 149 g/mol. The Morgan fingerprint density at radius 2 is 1.33 bits per heavy atom. The smallest absolute Gasteiger partial charge is 0.166 e. The van der Waals surface area contributed by atoms with Gasteiger partial charge in [0.05, 0.1) is 0 Å². The predicted molar refractivity (Wildman–Crippen MR) is 28.3 cm³/mol. The third-order valence-corrected chi connectivity index (χ3v) is 0.607. The SMILES string of the molecule is OO.[Cl-].c1cc[nH+]cc1. The largest absolute Gasteiger partial charge is 1.00 e. The van der Waals surface area contributed by atoms with Gasteiger partial charge in [-0.05, 0) is 0 Å². The van der Waals surface area contributed by atoms with E-state index in [4.69, 9.17) is 10.5 Å². The summed E-state index contributed by atoms with van der Waals surface area (Å²) in [5.74, 6) is 0. The number of rotatable bonds is 0. The van der Waals surface area contributed by atoms with Crippen LogP contribution in [0.5, 0.6) is 0 Å². The van der Waals surface area contributed by atoms with Crippen molar-refractivity contribution in [2.24, 2.45) is 0 Å². The molecule has 4 heteroatoms. The molecule has 0 aliphatic heterocycles. The van der Waals surface area contributed by atoms with Gasteiger partial charge in [-0.1, -0.05) is 6.07 Å². The van der Waals surface area contributed by atoms with Gasteiger partial charge in [0, 0.05) is 12.1 Å². The van der Waals surface area contributed by atoms with Crippen LogP contribution in [0, 0.1) is 0 Å². The van der Waals surface area contributed by atoms with Gasteiger partial charge in [-0.2, -0.15) is 0 Å². The summed E-state index contributed by atoms with van der Waals surface area (Å²) in [6.07, 6.45) is 3.75. The molecule has 0 atom stereocenters. The Morgan fingerprint density at radius 3 is 1.44 bits per heavy atom. The third-order valence-electron chi connectivity index (χ3n) is 0.607. The Balaban J connectivity index is 0. The zero-order chi connectivity index (χ0) is 6.24. The minimum absolute atomic E-state index is 0. The lowest BCUT2D eigenvalue weighted by Crippen LogP contribution is -3.00. The molecule has 1 aromatic rings. The zero-order valence-electron chi connectivity index (χ0n) is 4.66. The summed E-state index contributed by atoms with van der Waals surface area (Å²) >= 11 is 0. The number of aromatic nitrogens is 1. The van der Waals surface area contributed by atoms with Gasteiger partial charge in [0.1, 0.15) is 0 Å². The van der Waals surface area contributed by atoms with Crippen molar-refractivity contribution in [1.29, 1.82) is 0 Å². The van der Waals surface area contributed by atoms with Crippen LogP contribution in [-0.4, -0.2) is 10.5 Å². The van der Waals surface area contributed by atoms with Gasteiger partial charge in [-0.3, -0.25) is 10.5 Å². The fourth-order valence-corrected chi connectivity index (χ4v) is 0.342. The third kappa shape index (κ3) is 7.36. The van der Waals surface area contributed by atoms with Gasteiger partial charge in [-0.15, -0.1) is 0 Å². The molecule has 9 heavy (non-hydrogen) atoms. The Bertz CT molecular complexity index is 86.9. The molecule has 0 saturated carbocycles. The van der Waals surface area contributed by atoms with E-state index in [9.17, 15) is 0 Å². The van der Waals surface area contributed by atoms with Crippen molar-refractivity contribution in [2.45, 2.75) is 0 Å². The number of hydrogen-bond donors (Lipinski definition) is 2. The molecular weight excluding hydrogens is 142 g/mol. The molecule has 0 unspecified atom stereocenters. The van der Waals surface area contributed by atoms with Crippen LogP contribution < -0.4 is 17.4 Å². The highest BCUT2D eigenvalue weighted by atomic mass is 35.5. The molecule has 0 saturated heterocycles. The molecule has 0 radical (unpaired) electrons. The second-order valence-electron chi connectivity index (χ2n) is 1.08. The number of halogens is 1. The van der Waals surface area contributed by atoms with Crippen molar-refractivity contribution < 1.29 is 27.9 Å². The van der Waals surface area contributed by atoms with E-state index in [1.54, 1.807) is 0 Å². The van der Waals surface area contributed by atoms with Gasteiger partial charge in [0.15, 0.2) is 12.4 Å². The first-order valence-electron chi connectivity index (χ1n) is 2.11. The molecular formula is C5H8ClNO2. The first-order valence-corrected chi connectivity index (χ1v) is 2.11. The van der Waals surface area contributed by atoms with Gasteiger partial charge >= 0.3 is 0 Å². The minimum atomic E-state index is 0. The van der Waals surface area contributed by atoms with Gasteiger partial charge in [-0.25, -0.2) is 4.98 Å². The highest BCUT2D eigenvalue weighted by Crippen LogP contribution is 1.68. The number of aromatic amines is 1. The van der Waals surface area contributed by atoms with E-state index in [1.807, 2.05) is 30.6 Å². The summed E-state index contributed by atoms with van der Waals surface area (Å²) in [6.45, 7) is 0. The van der Waals surface area contributed by atoms with Crippen LogP contribution in [0.1, 0.15) is 0 Å². The number of nitrogens with one attached hydrogen (secondary N) is 1. The van der Waals surface area contributed by atoms with E-state index < -0.39 is 0 Å². The molecule has 0 aliphatic rings. The standard InChI is InChI=1S/C5H5N.ClH.H2O2/c1-2-4-6-5-3-1;;1-2/h1-5H;1H;1-2H. The van der Waals surface area contributed by atoms with E-state index in [-0.39, 0.29) is 12.4 Å². The first-order chi connectivity index (χ1) is 4.00. The number of H-pyrrole nitrogens is 1. The lowest BCUT2D eigenvalue weighted by molar-refractivity contribution is -0.377. The topological polar surface area (TPSA) is 54.6 Å². The number of hydrogen-bond acceptors (Lipinski definition) is 2. The fourth-order valence-electron chi connectivity index (χ4n) is 0.342. The van der Waals surface area contributed by atoms with E-state index in [0.717, 1.165) is 0 Å². The van der Waals surface area contributed by atoms with Crippen LogP contribution in [0.25, 0.3) is 0 Å². The molecule has 0 bridgehead atoms. The van der Waals surface area contributed by atoms with Crippen LogP contribution in [0.4, 0.5) is 0 Å². The summed E-state index contributed by atoms with van der Waals surface area (Å²) in [7, 11) is 0. The highest BCUT2D eigenvalue weighted by molar-refractivity contribution is 4.82. The van der Waals surface area contributed by atoms with Crippen molar-refractivity contribution in [1.82, 2.24) is 0 Å². The first kappa shape index (κ1) is 11.2. The molecule has 52 valence electrons. The molecule has 0 amide bonds. The molecule has 3 nitrogen and oxygen atoms in total. The lowest BCUT2D eigenvalue weighted by atomic mass is 10.5. The van der Waals surface area contributed by atoms with E-state index in [0.29, 0.717) is 0 Å². The molecule has 0 aliphatic carbocycles. The van der Waals surface area contributed by atoms with Crippen LogP contribution in [0.15, 0.2) is 30.6 Å². The van der Waals surface area contributed by atoms with Crippen LogP contribution in [-0.2, 0) is 0 Å². The van der Waals surface area contributed by atoms with E-state index in [2.05, 4.69) is 4.98 Å². The summed E-state index contributed by atoms with van der Waals surface area (Å²) in [5, 5.41) is 12.0. The van der Waals surface area contributed by atoms with Crippen molar-refractivity contribution in [2.75, 3.05) is 0 Å². The molecule has 1 aromatic heterocycles. The van der Waals surface area contributed by atoms with E-state index in [1.165, 1.54) is 0 Å². The molecule has 3 N–H and O–H groups in total. The normalized spacial score (nSPS) is 6.00. The maximum Gasteiger partial charge on any atom is 0.166 e. The lowest BCUT2D eigenvalue weighted by Gasteiger charge is -1.63. The summed E-state index contributed by atoms with van der Waals surface area (Å²) in [5.41, 5.74) is 0. The van der Waals surface area contributed by atoms with Crippen molar-refractivity contribution in [3.05, 3.63) is 30.6 Å². The van der Waals surface area contributed by atoms with Crippen molar-refractivity contribution in [3.8, 4) is 0 Å². The van der Waals surface area contributed by atoms with Gasteiger partial charge in [0.25, 0.3) is 0 Å². The molecule has 0 aromatic carbocycles. The Hall–Kier alpha value is -0.640. The second-order valence-corrected chi connectivity index (χ2v) is 1.08. The van der Waals surface area contributed by atoms with Crippen molar-refractivity contribution in [3.63, 3.8) is 0 Å². The van der Waals surface area contributed by atoms with Crippen molar-refractivity contribution >= 4 is 0 Å². The summed E-state index contributed by atoms with van der Waals surface area (Å²) in [6, 6.07) is 5.86. The highest BCUT2D eigenvalue weighted by Gasteiger charge is 1.65. The molecule has 0 fully saturated rings. The van der Waals surface area contributed by atoms with Crippen LogP contribution >= 0.6 is 0 Å². The maximum absolute atomic E-state index is 6.00. The molecule has 1 heterocycles. The van der Waals surface area contributed by atoms with Gasteiger partial charge in [0.2, 0.25) is 0 Å². The summed E-state index contributed by atoms with van der Waals surface area (Å²) < 4.78 is 0. The fraction of sp³-hybridized carbons (Fsp3) is 0. The second kappa shape index (κ2) is 10.4. The van der Waals surface area contributed by atoms with E-state index >= 15 is 0 Å². The van der Waals surface area contributed by atoms with Crippen LogP contribution in [0.3, 0.4) is 0 Å². The van der Waals surface area contributed by atoms with Gasteiger partial charge < -0.3 is 12.4 Å². The molecule has 0 spiro atoms. The average Bonchev–Trinajstić information content (AvgIpc) is 1.96. The summed E-state index contributed by atoms with van der Waals surface area (Å²) in [4.78, 5) is 2.89. The Labute approximate surface area is 59.3 Å². The number of pyridine rings is 1. The zero-order valence-corrected chi connectivity index (χ0v) is 5.42. The minimum Gasteiger partial charge on any atom is -1.00 e. The average molecular weight is 150 g/mol. The Morgan fingerprint density at radius 1 is 0.889 bits per heavy atom. The molecule has 1 rings (SSSR count). The predicted octanol–water partition coefficient (Wildman–Crippen LogP) is -2.48. The quantitative estimate of drug-likeness (QED) is 0.317. The Kier molecular flexibility index (Phi) is 12.9.